The molecule has 134 valence electrons. The van der Waals surface area contributed by atoms with E-state index in [1.165, 1.54) is 49.4 Å². The van der Waals surface area contributed by atoms with Gasteiger partial charge in [0.15, 0.2) is 6.61 Å². The van der Waals surface area contributed by atoms with Crippen LogP contribution >= 0.6 is 0 Å². The summed E-state index contributed by atoms with van der Waals surface area (Å²) in [4.78, 5) is 45.3. The molecule has 0 aromatic heterocycles. The van der Waals surface area contributed by atoms with E-state index in [1.54, 1.807) is 0 Å². The van der Waals surface area contributed by atoms with Gasteiger partial charge in [-0.2, -0.15) is 0 Å². The van der Waals surface area contributed by atoms with Crippen LogP contribution in [0.4, 0.5) is 11.4 Å². The molecule has 2 amide bonds. The van der Waals surface area contributed by atoms with Gasteiger partial charge in [-0.1, -0.05) is 12.1 Å². The zero-order valence-corrected chi connectivity index (χ0v) is 13.7. The van der Waals surface area contributed by atoms with Crippen molar-refractivity contribution < 1.29 is 24.0 Å². The predicted octanol–water partition coefficient (Wildman–Crippen LogP) is 1.80. The molecule has 0 aliphatic rings. The van der Waals surface area contributed by atoms with Gasteiger partial charge in [0.25, 0.3) is 11.6 Å². The molecule has 0 aliphatic heterocycles. The fourth-order valence-electron chi connectivity index (χ4n) is 2.19. The number of rotatable bonds is 6. The largest absolute Gasteiger partial charge is 0.452 e. The molecule has 0 unspecified atom stereocenters. The van der Waals surface area contributed by atoms with Crippen LogP contribution in [0.1, 0.15) is 26.3 Å². The number of hydrogen-bond acceptors (Lipinski definition) is 6. The van der Waals surface area contributed by atoms with Gasteiger partial charge in [-0.3, -0.25) is 19.7 Å². The molecule has 0 atom stereocenters. The number of anilines is 1. The second kappa shape index (κ2) is 7.88. The minimum absolute atomic E-state index is 0.228. The number of nitro groups is 1. The number of nitro benzene ring substituents is 1. The number of primary amides is 1. The molecular formula is C17H15N3O6. The first-order valence-corrected chi connectivity index (χ1v) is 7.40. The van der Waals surface area contributed by atoms with Gasteiger partial charge >= 0.3 is 5.97 Å². The van der Waals surface area contributed by atoms with Crippen LogP contribution in [0.25, 0.3) is 0 Å². The number of nitrogens with one attached hydrogen (secondary N) is 1. The molecule has 0 radical (unpaired) electrons. The zero-order valence-electron chi connectivity index (χ0n) is 13.7. The summed E-state index contributed by atoms with van der Waals surface area (Å²) in [7, 11) is 0. The number of esters is 1. The molecule has 9 nitrogen and oxygen atoms in total. The van der Waals surface area contributed by atoms with Gasteiger partial charge in [-0.25, -0.2) is 4.79 Å². The first-order valence-electron chi connectivity index (χ1n) is 7.40. The molecule has 0 heterocycles. The Hall–Kier alpha value is -3.75. The number of para-hydroxylation sites is 1. The molecule has 0 saturated carbocycles. The van der Waals surface area contributed by atoms with Crippen LogP contribution in [-0.4, -0.2) is 29.3 Å². The molecule has 2 aromatic carbocycles. The molecule has 0 bridgehead atoms. The molecule has 0 spiro atoms. The van der Waals surface area contributed by atoms with Gasteiger partial charge in [0.05, 0.1) is 4.92 Å². The summed E-state index contributed by atoms with van der Waals surface area (Å²) >= 11 is 0. The highest BCUT2D eigenvalue weighted by Crippen LogP contribution is 2.23. The Morgan fingerprint density at radius 3 is 2.38 bits per heavy atom. The lowest BCUT2D eigenvalue weighted by molar-refractivity contribution is -0.385. The highest BCUT2D eigenvalue weighted by Gasteiger charge is 2.24. The van der Waals surface area contributed by atoms with Crippen LogP contribution in [0, 0.1) is 17.0 Å². The smallest absolute Gasteiger partial charge is 0.345 e. The number of aryl methyl sites for hydroxylation is 1. The van der Waals surface area contributed by atoms with Crippen LogP contribution < -0.4 is 11.1 Å². The molecule has 2 aromatic rings. The molecule has 0 saturated heterocycles. The molecular weight excluding hydrogens is 342 g/mol. The Morgan fingerprint density at radius 2 is 1.81 bits per heavy atom. The van der Waals surface area contributed by atoms with Crippen molar-refractivity contribution in [2.75, 3.05) is 11.9 Å². The second-order valence-corrected chi connectivity index (χ2v) is 5.29. The van der Waals surface area contributed by atoms with Gasteiger partial charge in [-0.05, 0) is 37.3 Å². The predicted molar refractivity (Wildman–Crippen MR) is 91.7 cm³/mol. The third-order valence-electron chi connectivity index (χ3n) is 3.43. The summed E-state index contributed by atoms with van der Waals surface area (Å²) in [5.41, 5.74) is 5.48. The van der Waals surface area contributed by atoms with E-state index in [4.69, 9.17) is 10.5 Å². The van der Waals surface area contributed by atoms with Crippen LogP contribution in [0.2, 0.25) is 0 Å². The fourth-order valence-corrected chi connectivity index (χ4v) is 2.19. The van der Waals surface area contributed by atoms with Crippen LogP contribution in [0.5, 0.6) is 0 Å². The molecule has 9 heteroatoms. The van der Waals surface area contributed by atoms with Gasteiger partial charge < -0.3 is 15.8 Å². The van der Waals surface area contributed by atoms with Crippen molar-refractivity contribution in [3.05, 3.63) is 69.3 Å². The molecule has 0 aliphatic carbocycles. The first-order chi connectivity index (χ1) is 12.3. The second-order valence-electron chi connectivity index (χ2n) is 5.29. The van der Waals surface area contributed by atoms with Crippen molar-refractivity contribution in [3.63, 3.8) is 0 Å². The van der Waals surface area contributed by atoms with Crippen molar-refractivity contribution in [1.29, 1.82) is 0 Å². The lowest BCUT2D eigenvalue weighted by Gasteiger charge is -2.08. The normalized spacial score (nSPS) is 10.0. The van der Waals surface area contributed by atoms with E-state index < -0.39 is 29.3 Å². The maximum absolute atomic E-state index is 12.0. The number of amides is 2. The lowest BCUT2D eigenvalue weighted by Crippen LogP contribution is -2.21. The number of carbonyl (C=O) groups is 3. The SMILES string of the molecule is Cc1cccc(C(=O)OCC(=O)Nc2ccc(C(N)=O)cc2)c1[N+](=O)[O-]. The third-order valence-corrected chi connectivity index (χ3v) is 3.43. The quantitative estimate of drug-likeness (QED) is 0.458. The van der Waals surface area contributed by atoms with Crippen molar-refractivity contribution >= 4 is 29.2 Å². The Bertz CT molecular complexity index is 877. The molecule has 0 fully saturated rings. The van der Waals surface area contributed by atoms with Crippen molar-refractivity contribution in [3.8, 4) is 0 Å². The average Bonchev–Trinajstić information content (AvgIpc) is 2.59. The highest BCUT2D eigenvalue weighted by molar-refractivity contribution is 5.98. The number of hydrogen-bond donors (Lipinski definition) is 2. The van der Waals surface area contributed by atoms with Crippen LogP contribution in [-0.2, 0) is 9.53 Å². The Labute approximate surface area is 147 Å². The van der Waals surface area contributed by atoms with Gasteiger partial charge in [0, 0.05) is 16.8 Å². The summed E-state index contributed by atoms with van der Waals surface area (Å²) in [6.45, 7) is 0.874. The fraction of sp³-hybridized carbons (Fsp3) is 0.118. The maximum atomic E-state index is 12.0. The van der Waals surface area contributed by atoms with E-state index in [0.29, 0.717) is 11.3 Å². The van der Waals surface area contributed by atoms with Crippen LogP contribution in [0.3, 0.4) is 0 Å². The Kier molecular flexibility index (Phi) is 5.63. The minimum atomic E-state index is -0.973. The maximum Gasteiger partial charge on any atom is 0.345 e. The third kappa shape index (κ3) is 4.41. The van der Waals surface area contributed by atoms with E-state index in [0.717, 1.165) is 0 Å². The van der Waals surface area contributed by atoms with Crippen molar-refractivity contribution in [1.82, 2.24) is 0 Å². The number of nitrogens with zero attached hydrogens (tertiary/aromatic N) is 1. The highest BCUT2D eigenvalue weighted by atomic mass is 16.6. The number of ether oxygens (including phenoxy) is 1. The average molecular weight is 357 g/mol. The Morgan fingerprint density at radius 1 is 1.15 bits per heavy atom. The van der Waals surface area contributed by atoms with E-state index in [-0.39, 0.29) is 16.8 Å². The van der Waals surface area contributed by atoms with E-state index in [9.17, 15) is 24.5 Å². The van der Waals surface area contributed by atoms with E-state index in [2.05, 4.69) is 5.32 Å². The lowest BCUT2D eigenvalue weighted by atomic mass is 10.1. The van der Waals surface area contributed by atoms with Crippen molar-refractivity contribution in [2.45, 2.75) is 6.92 Å². The summed E-state index contributed by atoms with van der Waals surface area (Å²) in [6.07, 6.45) is 0. The summed E-state index contributed by atoms with van der Waals surface area (Å²) in [6, 6.07) is 10.0. The summed E-state index contributed by atoms with van der Waals surface area (Å²) in [5, 5.41) is 13.5. The van der Waals surface area contributed by atoms with E-state index in [1.807, 2.05) is 0 Å². The number of carbonyl (C=O) groups excluding carboxylic acids is 3. The zero-order chi connectivity index (χ0) is 19.3. The van der Waals surface area contributed by atoms with Gasteiger partial charge in [0.2, 0.25) is 5.91 Å². The molecule has 2 rings (SSSR count). The number of benzene rings is 2. The van der Waals surface area contributed by atoms with Crippen molar-refractivity contribution in [2.24, 2.45) is 5.73 Å². The number of nitrogens with two attached hydrogens (primary N) is 1. The topological polar surface area (TPSA) is 142 Å². The minimum Gasteiger partial charge on any atom is -0.452 e. The Balaban J connectivity index is 1.99. The summed E-state index contributed by atoms with van der Waals surface area (Å²) in [5.74, 6) is -2.21. The standard InChI is InChI=1S/C17H15N3O6/c1-10-3-2-4-13(15(10)20(24)25)17(23)26-9-14(21)19-12-7-5-11(6-8-12)16(18)22/h2-8H,9H2,1H3,(H2,18,22)(H,19,21). The van der Waals surface area contributed by atoms with Crippen LogP contribution in [0.15, 0.2) is 42.5 Å². The first kappa shape index (κ1) is 18.6. The van der Waals surface area contributed by atoms with Gasteiger partial charge in [-0.15, -0.1) is 0 Å². The molecule has 3 N–H and O–H groups in total. The molecule has 26 heavy (non-hydrogen) atoms. The summed E-state index contributed by atoms with van der Waals surface area (Å²) < 4.78 is 4.84. The monoisotopic (exact) mass is 357 g/mol. The van der Waals surface area contributed by atoms with E-state index >= 15 is 0 Å². The van der Waals surface area contributed by atoms with Gasteiger partial charge in [0.1, 0.15) is 5.56 Å².